The van der Waals surface area contributed by atoms with Crippen molar-refractivity contribution in [2.75, 3.05) is 31.2 Å². The second-order valence-electron chi connectivity index (χ2n) is 2.34. The van der Waals surface area contributed by atoms with Crippen molar-refractivity contribution >= 4 is 17.7 Å². The van der Waals surface area contributed by atoms with E-state index in [1.807, 2.05) is 13.8 Å². The van der Waals surface area contributed by atoms with Gasteiger partial charge in [-0.1, -0.05) is 0 Å². The monoisotopic (exact) mass is 191 g/mol. The van der Waals surface area contributed by atoms with E-state index in [9.17, 15) is 4.79 Å². The third-order valence-electron chi connectivity index (χ3n) is 1.58. The first-order valence-corrected chi connectivity index (χ1v) is 5.38. The van der Waals surface area contributed by atoms with Gasteiger partial charge in [0.1, 0.15) is 0 Å². The largest absolute Gasteiger partial charge is 0.396 e. The summed E-state index contributed by atoms with van der Waals surface area (Å²) in [6, 6.07) is 0. The minimum absolute atomic E-state index is 0.149. The number of amides is 1. The second-order valence-corrected chi connectivity index (χ2v) is 3.45. The van der Waals surface area contributed by atoms with Crippen molar-refractivity contribution in [1.82, 2.24) is 4.90 Å². The van der Waals surface area contributed by atoms with Gasteiger partial charge in [0.25, 0.3) is 0 Å². The summed E-state index contributed by atoms with van der Waals surface area (Å²) in [7, 11) is 0. The SMILES string of the molecule is CCN(CC)C(=O)CSCCO. The van der Waals surface area contributed by atoms with Crippen LogP contribution in [0.4, 0.5) is 0 Å². The van der Waals surface area contributed by atoms with E-state index >= 15 is 0 Å². The fraction of sp³-hybridized carbons (Fsp3) is 0.875. The number of aliphatic hydroxyl groups is 1. The fourth-order valence-corrected chi connectivity index (χ4v) is 1.52. The number of carbonyl (C=O) groups is 1. The van der Waals surface area contributed by atoms with Gasteiger partial charge in [-0.2, -0.15) is 0 Å². The number of carbonyl (C=O) groups excluding carboxylic acids is 1. The fourth-order valence-electron chi connectivity index (χ4n) is 0.892. The van der Waals surface area contributed by atoms with Gasteiger partial charge in [-0.15, -0.1) is 11.8 Å². The molecular weight excluding hydrogens is 174 g/mol. The molecule has 1 amide bonds. The molecular formula is C8H17NO2S. The first-order valence-electron chi connectivity index (χ1n) is 4.22. The summed E-state index contributed by atoms with van der Waals surface area (Å²) >= 11 is 1.48. The molecule has 0 atom stereocenters. The van der Waals surface area contributed by atoms with Crippen LogP contribution in [0.1, 0.15) is 13.8 Å². The second kappa shape index (κ2) is 7.43. The number of nitrogens with zero attached hydrogens (tertiary/aromatic N) is 1. The van der Waals surface area contributed by atoms with Gasteiger partial charge in [-0.3, -0.25) is 4.79 Å². The van der Waals surface area contributed by atoms with E-state index in [-0.39, 0.29) is 12.5 Å². The zero-order valence-corrected chi connectivity index (χ0v) is 8.56. The smallest absolute Gasteiger partial charge is 0.232 e. The number of rotatable bonds is 6. The summed E-state index contributed by atoms with van der Waals surface area (Å²) in [6.45, 7) is 5.64. The predicted octanol–water partition coefficient (Wildman–Crippen LogP) is 0.580. The maximum atomic E-state index is 11.3. The van der Waals surface area contributed by atoms with Crippen molar-refractivity contribution in [1.29, 1.82) is 0 Å². The van der Waals surface area contributed by atoms with E-state index in [2.05, 4.69) is 0 Å². The molecule has 0 aliphatic carbocycles. The third-order valence-corrected chi connectivity index (χ3v) is 2.50. The zero-order valence-electron chi connectivity index (χ0n) is 7.75. The average Bonchev–Trinajstić information content (AvgIpc) is 2.07. The van der Waals surface area contributed by atoms with Crippen LogP contribution in [-0.2, 0) is 4.79 Å². The number of hydrogen-bond acceptors (Lipinski definition) is 3. The van der Waals surface area contributed by atoms with Crippen molar-refractivity contribution in [3.8, 4) is 0 Å². The topological polar surface area (TPSA) is 40.5 Å². The van der Waals surface area contributed by atoms with E-state index in [0.29, 0.717) is 11.5 Å². The van der Waals surface area contributed by atoms with Crippen LogP contribution in [0.3, 0.4) is 0 Å². The Morgan fingerprint density at radius 1 is 1.42 bits per heavy atom. The summed E-state index contributed by atoms with van der Waals surface area (Å²) in [5.74, 6) is 1.30. The lowest BCUT2D eigenvalue weighted by Gasteiger charge is -2.17. The van der Waals surface area contributed by atoms with Crippen LogP contribution < -0.4 is 0 Å². The normalized spacial score (nSPS) is 9.92. The molecule has 12 heavy (non-hydrogen) atoms. The zero-order chi connectivity index (χ0) is 9.40. The summed E-state index contributed by atoms with van der Waals surface area (Å²) in [5, 5.41) is 8.49. The quantitative estimate of drug-likeness (QED) is 0.624. The molecule has 0 aliphatic rings. The summed E-state index contributed by atoms with van der Waals surface area (Å²) in [6.07, 6.45) is 0. The van der Waals surface area contributed by atoms with Gasteiger partial charge < -0.3 is 10.0 Å². The van der Waals surface area contributed by atoms with Gasteiger partial charge in [0.15, 0.2) is 0 Å². The van der Waals surface area contributed by atoms with Crippen molar-refractivity contribution < 1.29 is 9.90 Å². The van der Waals surface area contributed by atoms with Gasteiger partial charge in [0, 0.05) is 18.8 Å². The van der Waals surface area contributed by atoms with Crippen LogP contribution in [0.15, 0.2) is 0 Å². The highest BCUT2D eigenvalue weighted by atomic mass is 32.2. The molecule has 0 spiro atoms. The summed E-state index contributed by atoms with van der Waals surface area (Å²) in [4.78, 5) is 13.1. The van der Waals surface area contributed by atoms with E-state index in [1.54, 1.807) is 4.90 Å². The van der Waals surface area contributed by atoms with Crippen LogP contribution in [0.2, 0.25) is 0 Å². The van der Waals surface area contributed by atoms with E-state index < -0.39 is 0 Å². The lowest BCUT2D eigenvalue weighted by molar-refractivity contribution is -0.127. The Balaban J connectivity index is 3.54. The lowest BCUT2D eigenvalue weighted by Crippen LogP contribution is -2.32. The van der Waals surface area contributed by atoms with Crippen LogP contribution >= 0.6 is 11.8 Å². The van der Waals surface area contributed by atoms with Crippen LogP contribution in [0.25, 0.3) is 0 Å². The highest BCUT2D eigenvalue weighted by Gasteiger charge is 2.07. The van der Waals surface area contributed by atoms with Crippen LogP contribution in [0.5, 0.6) is 0 Å². The Morgan fingerprint density at radius 2 is 2.00 bits per heavy atom. The van der Waals surface area contributed by atoms with Gasteiger partial charge in [-0.05, 0) is 13.8 Å². The molecule has 0 aromatic rings. The maximum absolute atomic E-state index is 11.3. The molecule has 4 heteroatoms. The third kappa shape index (κ3) is 4.62. The number of hydrogen-bond donors (Lipinski definition) is 1. The number of thioether (sulfide) groups is 1. The van der Waals surface area contributed by atoms with Gasteiger partial charge in [0.05, 0.1) is 12.4 Å². The van der Waals surface area contributed by atoms with Crippen molar-refractivity contribution in [2.24, 2.45) is 0 Å². The van der Waals surface area contributed by atoms with Crippen LogP contribution in [-0.4, -0.2) is 47.1 Å². The standard InChI is InChI=1S/C8H17NO2S/c1-3-9(4-2)8(11)7-12-6-5-10/h10H,3-7H2,1-2H3. The van der Waals surface area contributed by atoms with E-state index in [4.69, 9.17) is 5.11 Å². The Kier molecular flexibility index (Phi) is 7.29. The molecule has 0 radical (unpaired) electrons. The maximum Gasteiger partial charge on any atom is 0.232 e. The molecule has 0 fully saturated rings. The average molecular weight is 191 g/mol. The molecule has 0 heterocycles. The molecule has 3 nitrogen and oxygen atoms in total. The molecule has 0 saturated heterocycles. The van der Waals surface area contributed by atoms with Crippen molar-refractivity contribution in [2.45, 2.75) is 13.8 Å². The van der Waals surface area contributed by atoms with Gasteiger partial charge in [0.2, 0.25) is 5.91 Å². The van der Waals surface area contributed by atoms with E-state index in [0.717, 1.165) is 13.1 Å². The molecule has 0 rings (SSSR count). The Labute approximate surface area is 78.1 Å². The van der Waals surface area contributed by atoms with Gasteiger partial charge >= 0.3 is 0 Å². The Bertz CT molecular complexity index is 126. The molecule has 0 aliphatic heterocycles. The minimum Gasteiger partial charge on any atom is -0.396 e. The van der Waals surface area contributed by atoms with Crippen molar-refractivity contribution in [3.05, 3.63) is 0 Å². The molecule has 0 saturated carbocycles. The predicted molar refractivity (Wildman–Crippen MR) is 52.3 cm³/mol. The molecule has 0 unspecified atom stereocenters. The molecule has 72 valence electrons. The van der Waals surface area contributed by atoms with Crippen LogP contribution in [0, 0.1) is 0 Å². The highest BCUT2D eigenvalue weighted by Crippen LogP contribution is 2.01. The Morgan fingerprint density at radius 3 is 2.42 bits per heavy atom. The first kappa shape index (κ1) is 11.8. The Hall–Kier alpha value is -0.220. The lowest BCUT2D eigenvalue weighted by atomic mass is 10.5. The molecule has 1 N–H and O–H groups in total. The first-order chi connectivity index (χ1) is 5.76. The van der Waals surface area contributed by atoms with Crippen molar-refractivity contribution in [3.63, 3.8) is 0 Å². The highest BCUT2D eigenvalue weighted by molar-refractivity contribution is 7.99. The summed E-state index contributed by atoms with van der Waals surface area (Å²) in [5.41, 5.74) is 0. The van der Waals surface area contributed by atoms with E-state index in [1.165, 1.54) is 11.8 Å². The summed E-state index contributed by atoms with van der Waals surface area (Å²) < 4.78 is 0. The van der Waals surface area contributed by atoms with Gasteiger partial charge in [-0.25, -0.2) is 0 Å². The molecule has 0 bridgehead atoms. The number of aliphatic hydroxyl groups excluding tert-OH is 1. The molecule has 0 aromatic carbocycles. The minimum atomic E-state index is 0.149. The molecule has 0 aromatic heterocycles.